The number of benzene rings is 2. The van der Waals surface area contributed by atoms with Crippen LogP contribution in [0.2, 0.25) is 0 Å². The van der Waals surface area contributed by atoms with Crippen molar-refractivity contribution in [3.8, 4) is 17.6 Å². The van der Waals surface area contributed by atoms with E-state index in [1.165, 1.54) is 0 Å². The second-order valence-electron chi connectivity index (χ2n) is 3.98. The lowest BCUT2D eigenvalue weighted by molar-refractivity contribution is 0.146. The van der Waals surface area contributed by atoms with Gasteiger partial charge in [0.25, 0.3) is 0 Å². The van der Waals surface area contributed by atoms with Gasteiger partial charge in [-0.15, -0.1) is 0 Å². The maximum atomic E-state index is 5.49. The molecule has 2 aromatic rings. The Hall–Kier alpha value is -2.24. The van der Waals surface area contributed by atoms with Crippen LogP contribution in [0.4, 0.5) is 0 Å². The molecule has 0 atom stereocenters. The second kappa shape index (κ2) is 7.25. The number of hydrogen-bond donors (Lipinski definition) is 0. The van der Waals surface area contributed by atoms with E-state index >= 15 is 0 Å². The maximum Gasteiger partial charge on any atom is 0.119 e. The van der Waals surface area contributed by atoms with E-state index in [1.807, 2.05) is 54.6 Å². The van der Waals surface area contributed by atoms with Gasteiger partial charge in [0.2, 0.25) is 0 Å². The van der Waals surface area contributed by atoms with Crippen LogP contribution in [-0.2, 0) is 4.74 Å². The molecule has 0 fully saturated rings. The Bertz CT molecular complexity index is 547. The SMILES string of the molecule is COCCOc1ccc(C#Cc2ccccc2)cc1. The van der Waals surface area contributed by atoms with Gasteiger partial charge in [-0.2, -0.15) is 0 Å². The van der Waals surface area contributed by atoms with Gasteiger partial charge in [-0.3, -0.25) is 0 Å². The molecule has 0 aliphatic heterocycles. The van der Waals surface area contributed by atoms with E-state index in [0.29, 0.717) is 13.2 Å². The lowest BCUT2D eigenvalue weighted by Gasteiger charge is -2.04. The Morgan fingerprint density at radius 3 is 2.05 bits per heavy atom. The normalized spacial score (nSPS) is 9.53. The van der Waals surface area contributed by atoms with E-state index in [9.17, 15) is 0 Å². The molecule has 2 rings (SSSR count). The van der Waals surface area contributed by atoms with Gasteiger partial charge >= 0.3 is 0 Å². The van der Waals surface area contributed by atoms with Crippen molar-refractivity contribution in [3.63, 3.8) is 0 Å². The topological polar surface area (TPSA) is 18.5 Å². The summed E-state index contributed by atoms with van der Waals surface area (Å²) in [6.07, 6.45) is 0. The number of hydrogen-bond acceptors (Lipinski definition) is 2. The first kappa shape index (κ1) is 13.2. The summed E-state index contributed by atoms with van der Waals surface area (Å²) in [5.74, 6) is 7.08. The number of methoxy groups -OCH3 is 1. The number of rotatable bonds is 4. The van der Waals surface area contributed by atoms with E-state index in [2.05, 4.69) is 11.8 Å². The highest BCUT2D eigenvalue weighted by Crippen LogP contribution is 2.11. The van der Waals surface area contributed by atoms with Crippen LogP contribution in [-0.4, -0.2) is 20.3 Å². The summed E-state index contributed by atoms with van der Waals surface area (Å²) in [6.45, 7) is 1.15. The summed E-state index contributed by atoms with van der Waals surface area (Å²) in [5.41, 5.74) is 1.99. The van der Waals surface area contributed by atoms with Crippen molar-refractivity contribution in [1.29, 1.82) is 0 Å². The molecule has 0 heterocycles. The average Bonchev–Trinajstić information content (AvgIpc) is 2.48. The zero-order valence-corrected chi connectivity index (χ0v) is 10.9. The van der Waals surface area contributed by atoms with Crippen LogP contribution in [0.1, 0.15) is 11.1 Å². The molecular weight excluding hydrogens is 236 g/mol. The summed E-state index contributed by atoms with van der Waals surface area (Å²) in [5, 5.41) is 0. The van der Waals surface area contributed by atoms with Gasteiger partial charge in [0, 0.05) is 18.2 Å². The third-order valence-corrected chi connectivity index (χ3v) is 2.54. The fourth-order valence-corrected chi connectivity index (χ4v) is 1.54. The molecule has 0 unspecified atom stereocenters. The van der Waals surface area contributed by atoms with Crippen molar-refractivity contribution in [3.05, 3.63) is 65.7 Å². The Kier molecular flexibility index (Phi) is 5.04. The van der Waals surface area contributed by atoms with Crippen molar-refractivity contribution >= 4 is 0 Å². The monoisotopic (exact) mass is 252 g/mol. The molecule has 0 aromatic heterocycles. The van der Waals surface area contributed by atoms with E-state index in [1.54, 1.807) is 7.11 Å². The molecule has 2 nitrogen and oxygen atoms in total. The summed E-state index contributed by atoms with van der Waals surface area (Å²) in [7, 11) is 1.66. The highest BCUT2D eigenvalue weighted by molar-refractivity contribution is 5.44. The lowest BCUT2D eigenvalue weighted by atomic mass is 10.2. The molecule has 0 aliphatic carbocycles. The van der Waals surface area contributed by atoms with Gasteiger partial charge in [-0.25, -0.2) is 0 Å². The first-order valence-corrected chi connectivity index (χ1v) is 6.17. The molecule has 0 bridgehead atoms. The van der Waals surface area contributed by atoms with Crippen molar-refractivity contribution in [1.82, 2.24) is 0 Å². The van der Waals surface area contributed by atoms with Gasteiger partial charge < -0.3 is 9.47 Å². The van der Waals surface area contributed by atoms with Crippen LogP contribution in [0.25, 0.3) is 0 Å². The largest absolute Gasteiger partial charge is 0.491 e. The Labute approximate surface area is 114 Å². The minimum atomic E-state index is 0.561. The fraction of sp³-hybridized carbons (Fsp3) is 0.176. The quantitative estimate of drug-likeness (QED) is 0.615. The Morgan fingerprint density at radius 2 is 1.42 bits per heavy atom. The van der Waals surface area contributed by atoms with Crippen LogP contribution >= 0.6 is 0 Å². The number of ether oxygens (including phenoxy) is 2. The minimum absolute atomic E-state index is 0.561. The van der Waals surface area contributed by atoms with Gasteiger partial charge in [0.1, 0.15) is 12.4 Å². The molecule has 2 aromatic carbocycles. The van der Waals surface area contributed by atoms with Crippen molar-refractivity contribution < 1.29 is 9.47 Å². The molecule has 0 spiro atoms. The summed E-state index contributed by atoms with van der Waals surface area (Å²) in [6, 6.07) is 17.7. The zero-order valence-electron chi connectivity index (χ0n) is 10.9. The van der Waals surface area contributed by atoms with Gasteiger partial charge in [-0.05, 0) is 36.4 Å². The lowest BCUT2D eigenvalue weighted by Crippen LogP contribution is -2.03. The predicted molar refractivity (Wildman–Crippen MR) is 76.2 cm³/mol. The highest BCUT2D eigenvalue weighted by atomic mass is 16.5. The standard InChI is InChI=1S/C17H16O2/c1-18-13-14-19-17-11-9-16(10-12-17)8-7-15-5-3-2-4-6-15/h2-6,9-12H,13-14H2,1H3. The summed E-state index contributed by atoms with van der Waals surface area (Å²) >= 11 is 0. The van der Waals surface area contributed by atoms with Crippen LogP contribution < -0.4 is 4.74 Å². The molecule has 0 amide bonds. The molecule has 0 saturated heterocycles. The zero-order chi connectivity index (χ0) is 13.3. The molecule has 19 heavy (non-hydrogen) atoms. The van der Waals surface area contributed by atoms with E-state index in [4.69, 9.17) is 9.47 Å². The summed E-state index contributed by atoms with van der Waals surface area (Å²) < 4.78 is 10.4. The molecule has 2 heteroatoms. The van der Waals surface area contributed by atoms with E-state index in [-0.39, 0.29) is 0 Å². The van der Waals surface area contributed by atoms with Crippen LogP contribution in [0.5, 0.6) is 5.75 Å². The fourth-order valence-electron chi connectivity index (χ4n) is 1.54. The minimum Gasteiger partial charge on any atom is -0.491 e. The predicted octanol–water partition coefficient (Wildman–Crippen LogP) is 3.11. The summed E-state index contributed by atoms with van der Waals surface area (Å²) in [4.78, 5) is 0. The smallest absolute Gasteiger partial charge is 0.119 e. The molecule has 0 saturated carbocycles. The van der Waals surface area contributed by atoms with Gasteiger partial charge in [-0.1, -0.05) is 30.0 Å². The maximum absolute atomic E-state index is 5.49. The Morgan fingerprint density at radius 1 is 0.789 bits per heavy atom. The first-order chi connectivity index (χ1) is 9.38. The van der Waals surface area contributed by atoms with Crippen molar-refractivity contribution in [2.75, 3.05) is 20.3 Å². The van der Waals surface area contributed by atoms with E-state index in [0.717, 1.165) is 16.9 Å². The van der Waals surface area contributed by atoms with Crippen molar-refractivity contribution in [2.24, 2.45) is 0 Å². The van der Waals surface area contributed by atoms with Crippen LogP contribution in [0.3, 0.4) is 0 Å². The van der Waals surface area contributed by atoms with Gasteiger partial charge in [0.15, 0.2) is 0 Å². The molecular formula is C17H16O2. The second-order valence-corrected chi connectivity index (χ2v) is 3.98. The Balaban J connectivity index is 1.97. The first-order valence-electron chi connectivity index (χ1n) is 6.17. The van der Waals surface area contributed by atoms with Crippen LogP contribution in [0, 0.1) is 11.8 Å². The molecule has 96 valence electrons. The molecule has 0 aliphatic rings. The van der Waals surface area contributed by atoms with Gasteiger partial charge in [0.05, 0.1) is 6.61 Å². The van der Waals surface area contributed by atoms with E-state index < -0.39 is 0 Å². The molecule has 0 N–H and O–H groups in total. The third-order valence-electron chi connectivity index (χ3n) is 2.54. The average molecular weight is 252 g/mol. The highest BCUT2D eigenvalue weighted by Gasteiger charge is 1.93. The van der Waals surface area contributed by atoms with Crippen molar-refractivity contribution in [2.45, 2.75) is 0 Å². The molecule has 0 radical (unpaired) electrons. The third kappa shape index (κ3) is 4.50. The van der Waals surface area contributed by atoms with Crippen LogP contribution in [0.15, 0.2) is 54.6 Å².